The summed E-state index contributed by atoms with van der Waals surface area (Å²) >= 11 is 0. The highest BCUT2D eigenvalue weighted by Gasteiger charge is 2.44. The minimum absolute atomic E-state index is 0.261. The van der Waals surface area contributed by atoms with Crippen molar-refractivity contribution in [3.8, 4) is 0 Å². The van der Waals surface area contributed by atoms with Gasteiger partial charge in [-0.05, 0) is 36.0 Å². The second-order valence-electron chi connectivity index (χ2n) is 5.79. The van der Waals surface area contributed by atoms with Crippen LogP contribution < -0.4 is 11.1 Å². The van der Waals surface area contributed by atoms with E-state index in [0.29, 0.717) is 17.0 Å². The molecule has 0 spiro atoms. The third-order valence-corrected chi connectivity index (χ3v) is 4.82. The van der Waals surface area contributed by atoms with E-state index in [1.807, 2.05) is 0 Å². The number of hydrogen-bond acceptors (Lipinski definition) is 4. The fourth-order valence-electron chi connectivity index (χ4n) is 2.09. The maximum Gasteiger partial charge on any atom is 0.175 e. The van der Waals surface area contributed by atoms with Crippen LogP contribution in [0.2, 0.25) is 0 Å². The van der Waals surface area contributed by atoms with E-state index in [1.165, 1.54) is 18.7 Å². The van der Waals surface area contributed by atoms with Crippen LogP contribution in [0.5, 0.6) is 0 Å². The van der Waals surface area contributed by atoms with Crippen LogP contribution in [0.15, 0.2) is 23.1 Å². The van der Waals surface area contributed by atoms with Crippen LogP contribution in [-0.4, -0.2) is 21.2 Å². The summed E-state index contributed by atoms with van der Waals surface area (Å²) in [7, 11) is -3.19. The molecule has 1 atom stereocenters. The minimum Gasteiger partial charge on any atom is -0.397 e. The topological polar surface area (TPSA) is 72.2 Å². The van der Waals surface area contributed by atoms with Crippen molar-refractivity contribution in [3.63, 3.8) is 0 Å². The number of hydrogen-bond donors (Lipinski definition) is 2. The van der Waals surface area contributed by atoms with E-state index < -0.39 is 9.84 Å². The van der Waals surface area contributed by atoms with Gasteiger partial charge in [-0.15, -0.1) is 0 Å². The van der Waals surface area contributed by atoms with Crippen molar-refractivity contribution < 1.29 is 8.42 Å². The molecule has 1 aliphatic rings. The normalized spacial score (nSPS) is 21.6. The fourth-order valence-corrected chi connectivity index (χ4v) is 2.75. The molecule has 0 radical (unpaired) electrons. The average molecular weight is 268 g/mol. The summed E-state index contributed by atoms with van der Waals surface area (Å²) in [5.74, 6) is 0.673. The lowest BCUT2D eigenvalue weighted by atomic mass is 10.1. The quantitative estimate of drug-likeness (QED) is 0.821. The maximum atomic E-state index is 11.4. The molecule has 1 saturated carbocycles. The molecule has 100 valence electrons. The molecule has 2 rings (SSSR count). The van der Waals surface area contributed by atoms with Crippen LogP contribution >= 0.6 is 0 Å². The van der Waals surface area contributed by atoms with Crippen molar-refractivity contribution in [3.05, 3.63) is 18.2 Å². The molecule has 1 fully saturated rings. The van der Waals surface area contributed by atoms with Crippen LogP contribution in [-0.2, 0) is 9.84 Å². The molecular formula is C13H20N2O2S. The van der Waals surface area contributed by atoms with Crippen molar-refractivity contribution in [1.82, 2.24) is 0 Å². The monoisotopic (exact) mass is 268 g/mol. The van der Waals surface area contributed by atoms with E-state index >= 15 is 0 Å². The smallest absolute Gasteiger partial charge is 0.175 e. The van der Waals surface area contributed by atoms with E-state index in [-0.39, 0.29) is 4.90 Å². The highest BCUT2D eigenvalue weighted by molar-refractivity contribution is 7.90. The first kappa shape index (κ1) is 13.2. The molecule has 3 N–H and O–H groups in total. The lowest BCUT2D eigenvalue weighted by molar-refractivity contribution is 0.573. The number of nitrogens with one attached hydrogen (secondary N) is 1. The lowest BCUT2D eigenvalue weighted by Crippen LogP contribution is -2.09. The average Bonchev–Trinajstić information content (AvgIpc) is 2.83. The first-order valence-corrected chi connectivity index (χ1v) is 7.93. The molecule has 0 aromatic heterocycles. The molecule has 0 aliphatic heterocycles. The molecule has 1 aromatic rings. The molecular weight excluding hydrogens is 248 g/mol. The van der Waals surface area contributed by atoms with E-state index in [2.05, 4.69) is 19.2 Å². The van der Waals surface area contributed by atoms with Gasteiger partial charge in [0.25, 0.3) is 0 Å². The number of anilines is 2. The molecule has 1 aliphatic carbocycles. The SMILES string of the molecule is CC1(C)CC1CNc1ccc(S(C)(=O)=O)cc1N. The van der Waals surface area contributed by atoms with E-state index in [0.717, 1.165) is 12.2 Å². The Morgan fingerprint density at radius 3 is 2.50 bits per heavy atom. The minimum atomic E-state index is -3.19. The first-order chi connectivity index (χ1) is 8.20. The van der Waals surface area contributed by atoms with Gasteiger partial charge < -0.3 is 11.1 Å². The summed E-state index contributed by atoms with van der Waals surface area (Å²) in [6.07, 6.45) is 2.41. The highest BCUT2D eigenvalue weighted by Crippen LogP contribution is 2.51. The van der Waals surface area contributed by atoms with Gasteiger partial charge in [0.15, 0.2) is 9.84 Å². The summed E-state index contributed by atoms with van der Waals surface area (Å²) in [5.41, 5.74) is 7.58. The zero-order valence-corrected chi connectivity index (χ0v) is 11.8. The van der Waals surface area contributed by atoms with Gasteiger partial charge in [-0.1, -0.05) is 13.8 Å². The molecule has 5 heteroatoms. The van der Waals surface area contributed by atoms with E-state index in [9.17, 15) is 8.42 Å². The van der Waals surface area contributed by atoms with Crippen LogP contribution in [0, 0.1) is 11.3 Å². The molecule has 1 unspecified atom stereocenters. The van der Waals surface area contributed by atoms with E-state index in [4.69, 9.17) is 5.73 Å². The van der Waals surface area contributed by atoms with Gasteiger partial charge in [0.05, 0.1) is 16.3 Å². The Hall–Kier alpha value is -1.23. The molecule has 4 nitrogen and oxygen atoms in total. The van der Waals surface area contributed by atoms with Crippen LogP contribution in [0.4, 0.5) is 11.4 Å². The molecule has 0 heterocycles. The number of sulfone groups is 1. The highest BCUT2D eigenvalue weighted by atomic mass is 32.2. The Labute approximate surface area is 108 Å². The van der Waals surface area contributed by atoms with Crippen molar-refractivity contribution >= 4 is 21.2 Å². The third kappa shape index (κ3) is 2.77. The fraction of sp³-hybridized carbons (Fsp3) is 0.538. The van der Waals surface area contributed by atoms with Gasteiger partial charge in [-0.3, -0.25) is 0 Å². The van der Waals surface area contributed by atoms with Gasteiger partial charge in [0, 0.05) is 12.8 Å². The zero-order valence-electron chi connectivity index (χ0n) is 11.0. The van der Waals surface area contributed by atoms with Gasteiger partial charge in [-0.2, -0.15) is 0 Å². The summed E-state index contributed by atoms with van der Waals surface area (Å²) in [6, 6.07) is 4.84. The van der Waals surface area contributed by atoms with Gasteiger partial charge >= 0.3 is 0 Å². The van der Waals surface area contributed by atoms with Crippen molar-refractivity contribution in [1.29, 1.82) is 0 Å². The van der Waals surface area contributed by atoms with Crippen molar-refractivity contribution in [2.75, 3.05) is 23.9 Å². The number of nitrogen functional groups attached to an aromatic ring is 1. The van der Waals surface area contributed by atoms with Gasteiger partial charge in [0.1, 0.15) is 0 Å². The van der Waals surface area contributed by atoms with E-state index in [1.54, 1.807) is 12.1 Å². The first-order valence-electron chi connectivity index (χ1n) is 6.03. The summed E-state index contributed by atoms with van der Waals surface area (Å²) in [5, 5.41) is 3.29. The largest absolute Gasteiger partial charge is 0.397 e. The Morgan fingerprint density at radius 1 is 1.44 bits per heavy atom. The summed E-state index contributed by atoms with van der Waals surface area (Å²) in [4.78, 5) is 0.261. The summed E-state index contributed by atoms with van der Waals surface area (Å²) in [6.45, 7) is 5.38. The lowest BCUT2D eigenvalue weighted by Gasteiger charge is -2.11. The molecule has 0 saturated heterocycles. The van der Waals surface area contributed by atoms with Crippen molar-refractivity contribution in [2.45, 2.75) is 25.2 Å². The molecule has 1 aromatic carbocycles. The Bertz CT molecular complexity index is 564. The zero-order chi connectivity index (χ0) is 13.6. The second-order valence-corrected chi connectivity index (χ2v) is 7.81. The standard InChI is InChI=1S/C13H20N2O2S/c1-13(2)7-9(13)8-15-12-5-4-10(6-11(12)14)18(3,16)17/h4-6,9,15H,7-8,14H2,1-3H3. The maximum absolute atomic E-state index is 11.4. The molecule has 0 bridgehead atoms. The molecule has 18 heavy (non-hydrogen) atoms. The second kappa shape index (κ2) is 4.16. The van der Waals surface area contributed by atoms with Crippen LogP contribution in [0.25, 0.3) is 0 Å². The number of rotatable bonds is 4. The Kier molecular flexibility index (Phi) is 3.05. The van der Waals surface area contributed by atoms with Crippen LogP contribution in [0.3, 0.4) is 0 Å². The molecule has 0 amide bonds. The predicted molar refractivity (Wildman–Crippen MR) is 74.3 cm³/mol. The number of nitrogens with two attached hydrogens (primary N) is 1. The van der Waals surface area contributed by atoms with Gasteiger partial charge in [0.2, 0.25) is 0 Å². The van der Waals surface area contributed by atoms with Gasteiger partial charge in [-0.25, -0.2) is 8.42 Å². The van der Waals surface area contributed by atoms with Crippen molar-refractivity contribution in [2.24, 2.45) is 11.3 Å². The third-order valence-electron chi connectivity index (χ3n) is 3.71. The van der Waals surface area contributed by atoms with Crippen LogP contribution in [0.1, 0.15) is 20.3 Å². The Morgan fingerprint density at radius 2 is 2.06 bits per heavy atom. The summed E-state index contributed by atoms with van der Waals surface area (Å²) < 4.78 is 22.8. The predicted octanol–water partition coefficient (Wildman–Crippen LogP) is 2.13. The Balaban J connectivity index is 2.07. The number of benzene rings is 1.